The Morgan fingerprint density at radius 3 is 1.37 bits per heavy atom. The van der Waals surface area contributed by atoms with Gasteiger partial charge in [0.25, 0.3) is 0 Å². The molecule has 0 bridgehead atoms. The van der Waals surface area contributed by atoms with Crippen LogP contribution >= 0.6 is 0 Å². The highest BCUT2D eigenvalue weighted by atomic mass is 16.6. The van der Waals surface area contributed by atoms with Gasteiger partial charge in [0.2, 0.25) is 0 Å². The second kappa shape index (κ2) is 25.1. The van der Waals surface area contributed by atoms with Crippen molar-refractivity contribution < 1.29 is 67.4 Å². The summed E-state index contributed by atoms with van der Waals surface area (Å²) < 4.78 is 35.7. The molecule has 0 aliphatic heterocycles. The summed E-state index contributed by atoms with van der Waals surface area (Å²) in [4.78, 5) is 23.0. The lowest BCUT2D eigenvalue weighted by Gasteiger charge is -2.50. The molecule has 0 saturated heterocycles. The van der Waals surface area contributed by atoms with Gasteiger partial charge in [-0.3, -0.25) is 0 Å². The average molecular weight is 709 g/mol. The van der Waals surface area contributed by atoms with Crippen molar-refractivity contribution in [2.45, 2.75) is 72.0 Å². The lowest BCUT2D eigenvalue weighted by Crippen LogP contribution is -2.67. The summed E-state index contributed by atoms with van der Waals surface area (Å²) in [6.45, 7) is 22.8. The molecule has 0 aliphatic carbocycles. The van der Waals surface area contributed by atoms with Crippen LogP contribution in [0.2, 0.25) is 0 Å². The fraction of sp³-hybridized carbons (Fsp3) is 0.829. The van der Waals surface area contributed by atoms with Crippen molar-refractivity contribution in [3.05, 3.63) is 25.3 Å². The Bertz CT molecular complexity index is 876. The lowest BCUT2D eigenvalue weighted by molar-refractivity contribution is -0.951. The molecule has 0 saturated carbocycles. The third kappa shape index (κ3) is 15.4. The summed E-state index contributed by atoms with van der Waals surface area (Å²) in [5.74, 6) is -1.36. The van der Waals surface area contributed by atoms with E-state index in [1.54, 1.807) is 0 Å². The molecule has 0 aliphatic rings. The zero-order chi connectivity index (χ0) is 37.5. The molecule has 0 fully saturated rings. The molecule has 5 unspecified atom stereocenters. The van der Waals surface area contributed by atoms with Gasteiger partial charge in [0.1, 0.15) is 50.2 Å². The van der Waals surface area contributed by atoms with E-state index >= 15 is 0 Å². The highest BCUT2D eigenvalue weighted by Crippen LogP contribution is 2.34. The van der Waals surface area contributed by atoms with E-state index in [2.05, 4.69) is 33.9 Å². The van der Waals surface area contributed by atoms with Gasteiger partial charge < -0.3 is 57.8 Å². The number of rotatable bonds is 31. The molecule has 0 radical (unpaired) electrons. The Kier molecular flexibility index (Phi) is 24.0. The molecule has 0 spiro atoms. The highest BCUT2D eigenvalue weighted by Gasteiger charge is 2.51. The van der Waals surface area contributed by atoms with Crippen molar-refractivity contribution in [3.8, 4) is 0 Å². The first-order valence-corrected chi connectivity index (χ1v) is 17.5. The van der Waals surface area contributed by atoms with Crippen LogP contribution in [0.25, 0.3) is 0 Å². The van der Waals surface area contributed by atoms with Gasteiger partial charge in [-0.25, -0.2) is 9.59 Å². The lowest BCUT2D eigenvalue weighted by atomic mass is 9.79. The number of quaternary nitrogens is 2. The largest absolute Gasteiger partial charge is 0.460 e. The van der Waals surface area contributed by atoms with Crippen LogP contribution in [0.4, 0.5) is 0 Å². The number of methoxy groups -OCH3 is 1. The van der Waals surface area contributed by atoms with Crippen LogP contribution in [0, 0.1) is 5.41 Å². The van der Waals surface area contributed by atoms with E-state index in [0.29, 0.717) is 30.7 Å². The van der Waals surface area contributed by atoms with Gasteiger partial charge in [-0.15, -0.1) is 0 Å². The Morgan fingerprint density at radius 1 is 0.673 bits per heavy atom. The highest BCUT2D eigenvalue weighted by molar-refractivity contribution is 5.81. The molecule has 14 nitrogen and oxygen atoms in total. The Labute approximate surface area is 294 Å². The number of carbonyl (C=O) groups excluding carboxylic acids is 2. The van der Waals surface area contributed by atoms with E-state index in [-0.39, 0.29) is 59.5 Å². The summed E-state index contributed by atoms with van der Waals surface area (Å²) in [7, 11) is 1.54. The maximum absolute atomic E-state index is 11.5. The average Bonchev–Trinajstić information content (AvgIpc) is 3.11. The van der Waals surface area contributed by atoms with Crippen LogP contribution in [0.3, 0.4) is 0 Å². The fourth-order valence-corrected chi connectivity index (χ4v) is 6.44. The molecule has 0 rings (SSSR count). The summed E-state index contributed by atoms with van der Waals surface area (Å²) in [6, 6.07) is -0.466. The summed E-state index contributed by atoms with van der Waals surface area (Å²) in [5.41, 5.74) is -1.15. The van der Waals surface area contributed by atoms with Gasteiger partial charge in [-0.1, -0.05) is 13.2 Å². The number of hydrogen-bond donors (Lipinski definition) is 4. The van der Waals surface area contributed by atoms with Crippen LogP contribution in [-0.4, -0.2) is 184 Å². The monoisotopic (exact) mass is 708 g/mol. The topological polar surface area (TPSA) is 170 Å². The molecule has 14 heteroatoms. The second-order valence-corrected chi connectivity index (χ2v) is 12.6. The van der Waals surface area contributed by atoms with Gasteiger partial charge in [0, 0.05) is 19.3 Å². The predicted molar refractivity (Wildman–Crippen MR) is 186 cm³/mol. The Hall–Kier alpha value is -1.98. The molecule has 288 valence electrons. The number of nitrogens with zero attached hydrogens (tertiary/aromatic N) is 2. The van der Waals surface area contributed by atoms with Crippen LogP contribution in [-0.2, 0) is 38.0 Å². The first kappa shape index (κ1) is 47.0. The summed E-state index contributed by atoms with van der Waals surface area (Å²) >= 11 is 0. The standard InChI is InChI=1S/C35H68N2O12/c1-10-32(42)48-23-29(40)21-46-26-35(27-47-22-30(41)24-49-33(43)11-2,25-45-20-28(39)18-36(12-3,13-4)14-5)34(44-9)31(19-38)37(15-6,16-7)17-8/h10-11,28-31,34,38-41H,1-2,12-27H2,3-9H3/q+2. The van der Waals surface area contributed by atoms with Gasteiger partial charge in [-0.05, 0) is 41.5 Å². The van der Waals surface area contributed by atoms with Gasteiger partial charge in [-0.2, -0.15) is 0 Å². The minimum Gasteiger partial charge on any atom is -0.460 e. The van der Waals surface area contributed by atoms with E-state index < -0.39 is 47.8 Å². The maximum Gasteiger partial charge on any atom is 0.330 e. The summed E-state index contributed by atoms with van der Waals surface area (Å²) in [5, 5.41) is 43.0. The summed E-state index contributed by atoms with van der Waals surface area (Å²) in [6.07, 6.45) is -1.82. The number of carbonyl (C=O) groups is 2. The second-order valence-electron chi connectivity index (χ2n) is 12.6. The molecule has 0 aromatic heterocycles. The minimum absolute atomic E-state index is 0.0115. The van der Waals surface area contributed by atoms with Crippen molar-refractivity contribution in [3.63, 3.8) is 0 Å². The zero-order valence-corrected chi connectivity index (χ0v) is 31.2. The van der Waals surface area contributed by atoms with E-state index in [1.807, 2.05) is 20.8 Å². The molecule has 5 atom stereocenters. The zero-order valence-electron chi connectivity index (χ0n) is 31.2. The quantitative estimate of drug-likeness (QED) is 0.0453. The molecule has 49 heavy (non-hydrogen) atoms. The molecule has 0 heterocycles. The van der Waals surface area contributed by atoms with E-state index in [9.17, 15) is 30.0 Å². The number of aliphatic hydroxyl groups excluding tert-OH is 4. The number of likely N-dealkylation sites (N-methyl/N-ethyl adjacent to an activating group) is 2. The Balaban J connectivity index is 6.60. The van der Waals surface area contributed by atoms with E-state index in [4.69, 9.17) is 28.4 Å². The maximum atomic E-state index is 11.5. The van der Waals surface area contributed by atoms with E-state index in [0.717, 1.165) is 36.3 Å². The van der Waals surface area contributed by atoms with E-state index in [1.165, 1.54) is 7.11 Å². The fourth-order valence-electron chi connectivity index (χ4n) is 6.44. The van der Waals surface area contributed by atoms with Gasteiger partial charge >= 0.3 is 11.9 Å². The minimum atomic E-state index is -1.15. The first-order valence-electron chi connectivity index (χ1n) is 17.5. The molecule has 4 N–H and O–H groups in total. The van der Waals surface area contributed by atoms with Gasteiger partial charge in [0.15, 0.2) is 0 Å². The van der Waals surface area contributed by atoms with Crippen LogP contribution in [0.5, 0.6) is 0 Å². The molecule has 0 aromatic rings. The molecular formula is C35H68N2O12+2. The molecule has 0 aromatic carbocycles. The number of aliphatic hydroxyl groups is 4. The van der Waals surface area contributed by atoms with Crippen LogP contribution < -0.4 is 0 Å². The third-order valence-electron chi connectivity index (χ3n) is 9.87. The number of ether oxygens (including phenoxy) is 6. The smallest absolute Gasteiger partial charge is 0.330 e. The number of hydrogen-bond acceptors (Lipinski definition) is 12. The first-order chi connectivity index (χ1) is 23.3. The van der Waals surface area contributed by atoms with Crippen molar-refractivity contribution in [1.29, 1.82) is 0 Å². The van der Waals surface area contributed by atoms with Crippen molar-refractivity contribution in [2.75, 3.05) is 112 Å². The Morgan fingerprint density at radius 2 is 1.06 bits per heavy atom. The normalized spacial score (nSPS) is 16.6. The van der Waals surface area contributed by atoms with Crippen LogP contribution in [0.1, 0.15) is 41.5 Å². The third-order valence-corrected chi connectivity index (χ3v) is 9.87. The van der Waals surface area contributed by atoms with Crippen LogP contribution in [0.15, 0.2) is 25.3 Å². The predicted octanol–water partition coefficient (Wildman–Crippen LogP) is 0.693. The van der Waals surface area contributed by atoms with Gasteiger partial charge in [0.05, 0.1) is 90.9 Å². The van der Waals surface area contributed by atoms with Crippen molar-refractivity contribution in [1.82, 2.24) is 0 Å². The van der Waals surface area contributed by atoms with Crippen molar-refractivity contribution in [2.24, 2.45) is 5.41 Å². The molecule has 0 amide bonds. The van der Waals surface area contributed by atoms with Crippen molar-refractivity contribution >= 4 is 11.9 Å². The molecular weight excluding hydrogens is 640 g/mol. The number of esters is 2. The SMILES string of the molecule is C=CC(=O)OCC(O)COCC(COCC(O)COC(=O)C=C)(COCC(O)C[N+](CC)(CC)CC)C(OC)C(CO)[N+](CC)(CC)CC.